The van der Waals surface area contributed by atoms with Crippen molar-refractivity contribution in [2.24, 2.45) is 0 Å². The molecule has 0 heterocycles. The van der Waals surface area contributed by atoms with E-state index in [0.29, 0.717) is 12.1 Å². The van der Waals surface area contributed by atoms with Crippen LogP contribution in [0.5, 0.6) is 5.75 Å². The van der Waals surface area contributed by atoms with Crippen LogP contribution in [-0.2, 0) is 6.54 Å². The normalized spacial score (nSPS) is 13.4. The Bertz CT molecular complexity index is 409. The zero-order valence-corrected chi connectivity index (χ0v) is 10.3. The van der Waals surface area contributed by atoms with Gasteiger partial charge in [-0.15, -0.1) is 0 Å². The fourth-order valence-electron chi connectivity index (χ4n) is 1.37. The Balaban J connectivity index is 2.76. The molecule has 1 unspecified atom stereocenters. The summed E-state index contributed by atoms with van der Waals surface area (Å²) in [5.74, 6) is -1.03. The van der Waals surface area contributed by atoms with Crippen molar-refractivity contribution in [2.45, 2.75) is 25.7 Å². The second-order valence-electron chi connectivity index (χ2n) is 3.88. The molecule has 0 aliphatic carbocycles. The standard InChI is InChI=1S/C12H15F4NO2/c1-2-17-6-8-4-3-5-9(13)11(8)19-7-10(18)12(14,15)16/h3-5,10,17-18H,2,6-7H2,1H3. The van der Waals surface area contributed by atoms with Gasteiger partial charge in [-0.3, -0.25) is 0 Å². The summed E-state index contributed by atoms with van der Waals surface area (Å²) in [7, 11) is 0. The lowest BCUT2D eigenvalue weighted by Gasteiger charge is -2.17. The van der Waals surface area contributed by atoms with Crippen molar-refractivity contribution in [1.82, 2.24) is 5.32 Å². The van der Waals surface area contributed by atoms with Crippen LogP contribution in [0.4, 0.5) is 17.6 Å². The molecule has 0 bridgehead atoms. The summed E-state index contributed by atoms with van der Waals surface area (Å²) >= 11 is 0. The topological polar surface area (TPSA) is 41.5 Å². The molecule has 19 heavy (non-hydrogen) atoms. The van der Waals surface area contributed by atoms with Crippen LogP contribution in [0.2, 0.25) is 0 Å². The van der Waals surface area contributed by atoms with Crippen LogP contribution < -0.4 is 10.1 Å². The summed E-state index contributed by atoms with van der Waals surface area (Å²) in [6.45, 7) is 1.70. The Morgan fingerprint density at radius 3 is 2.63 bits per heavy atom. The Kier molecular flexibility index (Phi) is 5.56. The molecule has 1 atom stereocenters. The lowest BCUT2D eigenvalue weighted by molar-refractivity contribution is -0.210. The number of aliphatic hydroxyl groups is 1. The summed E-state index contributed by atoms with van der Waals surface area (Å²) in [4.78, 5) is 0. The van der Waals surface area contributed by atoms with Crippen molar-refractivity contribution >= 4 is 0 Å². The molecule has 1 aromatic rings. The van der Waals surface area contributed by atoms with E-state index in [1.165, 1.54) is 6.07 Å². The number of alkyl halides is 3. The van der Waals surface area contributed by atoms with Gasteiger partial charge in [-0.05, 0) is 12.6 Å². The van der Waals surface area contributed by atoms with Gasteiger partial charge in [0.05, 0.1) is 0 Å². The highest BCUT2D eigenvalue weighted by Crippen LogP contribution is 2.25. The molecule has 0 saturated heterocycles. The Labute approximate surface area is 108 Å². The van der Waals surface area contributed by atoms with E-state index in [1.807, 2.05) is 6.92 Å². The van der Waals surface area contributed by atoms with Gasteiger partial charge in [0.1, 0.15) is 6.61 Å². The highest BCUT2D eigenvalue weighted by Gasteiger charge is 2.39. The van der Waals surface area contributed by atoms with Gasteiger partial charge in [-0.1, -0.05) is 19.1 Å². The van der Waals surface area contributed by atoms with Crippen molar-refractivity contribution in [3.63, 3.8) is 0 Å². The highest BCUT2D eigenvalue weighted by atomic mass is 19.4. The van der Waals surface area contributed by atoms with Crippen molar-refractivity contribution in [2.75, 3.05) is 13.2 Å². The van der Waals surface area contributed by atoms with E-state index >= 15 is 0 Å². The number of rotatable bonds is 6. The first-order chi connectivity index (χ1) is 8.86. The van der Waals surface area contributed by atoms with Gasteiger partial charge < -0.3 is 15.2 Å². The number of nitrogens with one attached hydrogen (secondary N) is 1. The molecule has 7 heteroatoms. The Morgan fingerprint density at radius 1 is 1.37 bits per heavy atom. The first kappa shape index (κ1) is 15.7. The fraction of sp³-hybridized carbons (Fsp3) is 0.500. The van der Waals surface area contributed by atoms with Gasteiger partial charge >= 0.3 is 6.18 Å². The Morgan fingerprint density at radius 2 is 2.05 bits per heavy atom. The van der Waals surface area contributed by atoms with Crippen LogP contribution in [0.3, 0.4) is 0 Å². The molecule has 0 radical (unpaired) electrons. The number of halogens is 4. The van der Waals surface area contributed by atoms with E-state index in [1.54, 1.807) is 6.07 Å². The highest BCUT2D eigenvalue weighted by molar-refractivity contribution is 5.34. The van der Waals surface area contributed by atoms with Crippen LogP contribution in [0.15, 0.2) is 18.2 Å². The molecule has 1 aromatic carbocycles. The second kappa shape index (κ2) is 6.72. The SMILES string of the molecule is CCNCc1cccc(F)c1OCC(O)C(F)(F)F. The van der Waals surface area contributed by atoms with Gasteiger partial charge in [0.2, 0.25) is 0 Å². The van der Waals surface area contributed by atoms with Crippen LogP contribution in [0.25, 0.3) is 0 Å². The third kappa shape index (κ3) is 4.68. The van der Waals surface area contributed by atoms with E-state index in [2.05, 4.69) is 5.32 Å². The predicted octanol–water partition coefficient (Wildman–Crippen LogP) is 2.24. The number of hydrogen-bond acceptors (Lipinski definition) is 3. The van der Waals surface area contributed by atoms with Gasteiger partial charge in [0.15, 0.2) is 17.7 Å². The molecular formula is C12H15F4NO2. The zero-order valence-electron chi connectivity index (χ0n) is 10.3. The molecule has 0 aromatic heterocycles. The van der Waals surface area contributed by atoms with E-state index in [9.17, 15) is 17.6 Å². The van der Waals surface area contributed by atoms with Crippen LogP contribution in [0, 0.1) is 5.82 Å². The quantitative estimate of drug-likeness (QED) is 0.786. The minimum absolute atomic E-state index is 0.270. The summed E-state index contributed by atoms with van der Waals surface area (Å²) in [6.07, 6.45) is -7.42. The minimum Gasteiger partial charge on any atom is -0.487 e. The van der Waals surface area contributed by atoms with Crippen molar-refractivity contribution in [1.29, 1.82) is 0 Å². The summed E-state index contributed by atoms with van der Waals surface area (Å²) < 4.78 is 54.6. The smallest absolute Gasteiger partial charge is 0.417 e. The van der Waals surface area contributed by atoms with Gasteiger partial charge in [-0.25, -0.2) is 4.39 Å². The lowest BCUT2D eigenvalue weighted by Crippen LogP contribution is -2.34. The first-order valence-corrected chi connectivity index (χ1v) is 5.72. The maximum absolute atomic E-state index is 13.5. The molecule has 0 amide bonds. The maximum Gasteiger partial charge on any atom is 0.417 e. The fourth-order valence-corrected chi connectivity index (χ4v) is 1.37. The predicted molar refractivity (Wildman–Crippen MR) is 61.3 cm³/mol. The molecule has 108 valence electrons. The molecule has 0 aliphatic rings. The third-order valence-electron chi connectivity index (χ3n) is 2.38. The van der Waals surface area contributed by atoms with E-state index in [-0.39, 0.29) is 12.3 Å². The number of para-hydroxylation sites is 1. The molecular weight excluding hydrogens is 266 g/mol. The molecule has 0 fully saturated rings. The molecule has 3 nitrogen and oxygen atoms in total. The van der Waals surface area contributed by atoms with Crippen molar-refractivity contribution in [3.05, 3.63) is 29.6 Å². The van der Waals surface area contributed by atoms with Gasteiger partial charge in [-0.2, -0.15) is 13.2 Å². The largest absolute Gasteiger partial charge is 0.487 e. The van der Waals surface area contributed by atoms with Crippen LogP contribution in [0.1, 0.15) is 12.5 Å². The monoisotopic (exact) mass is 281 g/mol. The van der Waals surface area contributed by atoms with E-state index < -0.39 is 24.7 Å². The number of ether oxygens (including phenoxy) is 1. The summed E-state index contributed by atoms with van der Waals surface area (Å²) in [5.41, 5.74) is 0.399. The molecule has 0 aliphatic heterocycles. The summed E-state index contributed by atoms with van der Waals surface area (Å²) in [6, 6.07) is 4.07. The van der Waals surface area contributed by atoms with E-state index in [4.69, 9.17) is 9.84 Å². The molecule has 2 N–H and O–H groups in total. The summed E-state index contributed by atoms with van der Waals surface area (Å²) in [5, 5.41) is 11.7. The lowest BCUT2D eigenvalue weighted by atomic mass is 10.2. The molecule has 1 rings (SSSR count). The van der Waals surface area contributed by atoms with Crippen LogP contribution in [-0.4, -0.2) is 30.5 Å². The first-order valence-electron chi connectivity index (χ1n) is 5.72. The zero-order chi connectivity index (χ0) is 14.5. The average Bonchev–Trinajstić information content (AvgIpc) is 2.33. The third-order valence-corrected chi connectivity index (χ3v) is 2.38. The minimum atomic E-state index is -4.78. The average molecular weight is 281 g/mol. The van der Waals surface area contributed by atoms with Crippen LogP contribution >= 0.6 is 0 Å². The maximum atomic E-state index is 13.5. The second-order valence-corrected chi connectivity index (χ2v) is 3.88. The Hall–Kier alpha value is -1.34. The molecule has 0 saturated carbocycles. The number of aliphatic hydroxyl groups excluding tert-OH is 1. The van der Waals surface area contributed by atoms with Crippen molar-refractivity contribution < 1.29 is 27.4 Å². The van der Waals surface area contributed by atoms with Gasteiger partial charge in [0, 0.05) is 12.1 Å². The number of hydrogen-bond donors (Lipinski definition) is 2. The molecule has 0 spiro atoms. The van der Waals surface area contributed by atoms with Crippen molar-refractivity contribution in [3.8, 4) is 5.75 Å². The number of benzene rings is 1. The van der Waals surface area contributed by atoms with E-state index in [0.717, 1.165) is 6.07 Å². The van der Waals surface area contributed by atoms with Gasteiger partial charge in [0.25, 0.3) is 0 Å².